The van der Waals surface area contributed by atoms with Crippen LogP contribution in [0.1, 0.15) is 73.1 Å². The minimum absolute atomic E-state index is 0.147. The predicted octanol–water partition coefficient (Wildman–Crippen LogP) is 4.94. The van der Waals surface area contributed by atoms with Crippen molar-refractivity contribution in [3.63, 3.8) is 0 Å². The van der Waals surface area contributed by atoms with E-state index in [1.165, 1.54) is 0 Å². The van der Waals surface area contributed by atoms with E-state index in [4.69, 9.17) is 9.47 Å². The summed E-state index contributed by atoms with van der Waals surface area (Å²) in [5.41, 5.74) is -0.0897. The second-order valence-electron chi connectivity index (χ2n) is 6.42. The lowest BCUT2D eigenvalue weighted by atomic mass is 9.99. The zero-order valence-electron chi connectivity index (χ0n) is 14.5. The second kappa shape index (κ2) is 9.53. The Balaban J connectivity index is 3.91. The molecule has 0 spiro atoms. The second-order valence-corrected chi connectivity index (χ2v) is 8.70. The minimum atomic E-state index is -0.500. The van der Waals surface area contributed by atoms with Gasteiger partial charge >= 0.3 is 11.9 Å². The fourth-order valence-corrected chi connectivity index (χ4v) is 1.99. The Morgan fingerprint density at radius 2 is 1.68 bits per heavy atom. The van der Waals surface area contributed by atoms with E-state index < -0.39 is 9.21 Å². The molecule has 0 bridgehead atoms. The number of carbonyl (C=O) groups excluding carboxylic acids is 2. The summed E-state index contributed by atoms with van der Waals surface area (Å²) in [4.78, 5) is 23.2. The Hall–Kier alpha value is -0.590. The summed E-state index contributed by atoms with van der Waals surface area (Å²) < 4.78 is 10.3. The molecule has 5 heteroatoms. The van der Waals surface area contributed by atoms with Crippen molar-refractivity contribution in [2.75, 3.05) is 0 Å². The molecule has 0 aliphatic rings. The molecule has 0 aliphatic heterocycles. The van der Waals surface area contributed by atoms with E-state index in [0.29, 0.717) is 12.0 Å². The highest BCUT2D eigenvalue weighted by Crippen LogP contribution is 2.25. The van der Waals surface area contributed by atoms with Gasteiger partial charge in [0.15, 0.2) is 3.61 Å². The van der Waals surface area contributed by atoms with Gasteiger partial charge in [-0.05, 0) is 76.0 Å². The van der Waals surface area contributed by atoms with Crippen LogP contribution in [0.5, 0.6) is 0 Å². The van der Waals surface area contributed by atoms with Crippen molar-refractivity contribution >= 4 is 34.5 Å². The highest BCUT2D eigenvalue weighted by atomic mass is 127. The first-order valence-corrected chi connectivity index (χ1v) is 8.86. The molecule has 1 unspecified atom stereocenters. The zero-order chi connectivity index (χ0) is 17.4. The fourth-order valence-electron chi connectivity index (χ4n) is 1.75. The first-order chi connectivity index (χ1) is 9.99. The predicted molar refractivity (Wildman–Crippen MR) is 96.9 cm³/mol. The van der Waals surface area contributed by atoms with Crippen LogP contribution in [0.2, 0.25) is 0 Å². The van der Waals surface area contributed by atoms with Gasteiger partial charge in [-0.3, -0.25) is 4.79 Å². The van der Waals surface area contributed by atoms with Crippen LogP contribution < -0.4 is 0 Å². The number of alkyl halides is 1. The van der Waals surface area contributed by atoms with E-state index in [9.17, 15) is 9.59 Å². The summed E-state index contributed by atoms with van der Waals surface area (Å²) in [6.07, 6.45) is 4.60. The van der Waals surface area contributed by atoms with Crippen LogP contribution in [0.3, 0.4) is 0 Å². The van der Waals surface area contributed by atoms with Crippen LogP contribution in [0.15, 0.2) is 12.2 Å². The van der Waals surface area contributed by atoms with Crippen LogP contribution >= 0.6 is 22.6 Å². The van der Waals surface area contributed by atoms with Crippen molar-refractivity contribution in [1.82, 2.24) is 0 Å². The molecule has 0 heterocycles. The van der Waals surface area contributed by atoms with Gasteiger partial charge in [-0.1, -0.05) is 19.9 Å². The summed E-state index contributed by atoms with van der Waals surface area (Å²) in [6.45, 7) is 12.9. The molecule has 0 rings (SSSR count). The topological polar surface area (TPSA) is 52.6 Å². The summed E-state index contributed by atoms with van der Waals surface area (Å²) in [5.74, 6) is -0.499. The maximum absolute atomic E-state index is 11.7. The molecule has 128 valence electrons. The number of carbonyl (C=O) groups is 2. The SMILES string of the molecule is C=C(C)C(=O)OC(C)(C)CCCCCC(=O)OC(C)(I)CC. The molecule has 0 aromatic carbocycles. The number of halogens is 1. The summed E-state index contributed by atoms with van der Waals surface area (Å²) in [7, 11) is 0. The zero-order valence-corrected chi connectivity index (χ0v) is 16.6. The minimum Gasteiger partial charge on any atom is -0.456 e. The number of hydrogen-bond donors (Lipinski definition) is 0. The van der Waals surface area contributed by atoms with Gasteiger partial charge in [0.1, 0.15) is 5.60 Å². The van der Waals surface area contributed by atoms with Crippen molar-refractivity contribution in [1.29, 1.82) is 0 Å². The van der Waals surface area contributed by atoms with Crippen LogP contribution in [0.4, 0.5) is 0 Å². The largest absolute Gasteiger partial charge is 0.456 e. The van der Waals surface area contributed by atoms with E-state index in [-0.39, 0.29) is 11.9 Å². The maximum atomic E-state index is 11.7. The average Bonchev–Trinajstić information content (AvgIpc) is 2.36. The molecular weight excluding hydrogens is 395 g/mol. The Kier molecular flexibility index (Phi) is 9.27. The summed E-state index contributed by atoms with van der Waals surface area (Å²) in [5, 5.41) is 0. The highest BCUT2D eigenvalue weighted by molar-refractivity contribution is 14.1. The Labute approximate surface area is 148 Å². The molecular formula is C17H29IO4. The van der Waals surface area contributed by atoms with E-state index in [2.05, 4.69) is 29.2 Å². The average molecular weight is 424 g/mol. The highest BCUT2D eigenvalue weighted by Gasteiger charge is 2.23. The molecule has 4 nitrogen and oxygen atoms in total. The Bertz CT molecular complexity index is 399. The number of hydrogen-bond acceptors (Lipinski definition) is 4. The molecule has 0 aliphatic carbocycles. The van der Waals surface area contributed by atoms with Gasteiger partial charge in [0, 0.05) is 12.0 Å². The Morgan fingerprint density at radius 3 is 2.18 bits per heavy atom. The van der Waals surface area contributed by atoms with Gasteiger partial charge in [0.2, 0.25) is 0 Å². The molecule has 0 aromatic rings. The molecule has 0 saturated heterocycles. The molecule has 0 aromatic heterocycles. The molecule has 0 amide bonds. The molecule has 22 heavy (non-hydrogen) atoms. The third kappa shape index (κ3) is 10.2. The number of esters is 2. The number of rotatable bonds is 10. The van der Waals surface area contributed by atoms with Crippen LogP contribution in [-0.2, 0) is 19.1 Å². The van der Waals surface area contributed by atoms with E-state index in [1.807, 2.05) is 27.7 Å². The number of ether oxygens (including phenoxy) is 2. The third-order valence-electron chi connectivity index (χ3n) is 3.34. The normalized spacial score (nSPS) is 14.1. The first-order valence-electron chi connectivity index (χ1n) is 7.79. The van der Waals surface area contributed by atoms with Gasteiger partial charge in [-0.25, -0.2) is 4.79 Å². The Morgan fingerprint density at radius 1 is 1.09 bits per heavy atom. The van der Waals surface area contributed by atoms with Gasteiger partial charge in [-0.2, -0.15) is 0 Å². The van der Waals surface area contributed by atoms with Crippen LogP contribution in [0, 0.1) is 0 Å². The first kappa shape index (κ1) is 21.4. The van der Waals surface area contributed by atoms with Gasteiger partial charge in [-0.15, -0.1) is 0 Å². The van der Waals surface area contributed by atoms with Crippen molar-refractivity contribution in [2.45, 2.75) is 82.4 Å². The standard InChI is InChI=1S/C17H29IO4/c1-7-17(6,18)21-14(19)11-9-8-10-12-16(4,5)22-15(20)13(2)3/h2,7-12H2,1,3-6H3. The molecule has 0 N–H and O–H groups in total. The maximum Gasteiger partial charge on any atom is 0.333 e. The number of unbranched alkanes of at least 4 members (excludes halogenated alkanes) is 2. The molecule has 0 radical (unpaired) electrons. The third-order valence-corrected chi connectivity index (χ3v) is 4.32. The summed E-state index contributed by atoms with van der Waals surface area (Å²) >= 11 is 2.15. The van der Waals surface area contributed by atoms with Crippen molar-refractivity contribution in [3.8, 4) is 0 Å². The fraction of sp³-hybridized carbons (Fsp3) is 0.765. The lowest BCUT2D eigenvalue weighted by Gasteiger charge is -2.25. The van der Waals surface area contributed by atoms with E-state index in [1.54, 1.807) is 6.92 Å². The van der Waals surface area contributed by atoms with E-state index in [0.717, 1.165) is 32.1 Å². The molecule has 0 saturated carbocycles. The monoisotopic (exact) mass is 424 g/mol. The van der Waals surface area contributed by atoms with Crippen molar-refractivity contribution in [3.05, 3.63) is 12.2 Å². The smallest absolute Gasteiger partial charge is 0.333 e. The van der Waals surface area contributed by atoms with Gasteiger partial charge in [0.25, 0.3) is 0 Å². The van der Waals surface area contributed by atoms with E-state index >= 15 is 0 Å². The quantitative estimate of drug-likeness (QED) is 0.164. The van der Waals surface area contributed by atoms with Crippen LogP contribution in [-0.4, -0.2) is 21.1 Å². The summed E-state index contributed by atoms with van der Waals surface area (Å²) in [6, 6.07) is 0. The van der Waals surface area contributed by atoms with Gasteiger partial charge in [0.05, 0.1) is 0 Å². The lowest BCUT2D eigenvalue weighted by molar-refractivity contribution is -0.152. The van der Waals surface area contributed by atoms with Gasteiger partial charge < -0.3 is 9.47 Å². The lowest BCUT2D eigenvalue weighted by Crippen LogP contribution is -2.28. The van der Waals surface area contributed by atoms with Crippen LogP contribution in [0.25, 0.3) is 0 Å². The molecule has 1 atom stereocenters. The molecule has 0 fully saturated rings. The van der Waals surface area contributed by atoms with Crippen molar-refractivity contribution < 1.29 is 19.1 Å². The van der Waals surface area contributed by atoms with Crippen molar-refractivity contribution in [2.24, 2.45) is 0 Å².